The van der Waals surface area contributed by atoms with Crippen LogP contribution < -0.4 is 0 Å². The molecule has 0 saturated heterocycles. The molecule has 0 atom stereocenters. The van der Waals surface area contributed by atoms with Crippen molar-refractivity contribution >= 4 is 0 Å². The fourth-order valence-corrected chi connectivity index (χ4v) is 2.95. The van der Waals surface area contributed by atoms with Crippen molar-refractivity contribution in [3.63, 3.8) is 0 Å². The Morgan fingerprint density at radius 1 is 0.737 bits per heavy atom. The van der Waals surface area contributed by atoms with Gasteiger partial charge >= 0.3 is 0 Å². The van der Waals surface area contributed by atoms with Crippen LogP contribution in [0.4, 0.5) is 0 Å². The Labute approximate surface area is 116 Å². The monoisotopic (exact) mass is 249 g/mol. The Hall–Kier alpha value is -1.56. The molecule has 0 heteroatoms. The summed E-state index contributed by atoms with van der Waals surface area (Å²) in [5.74, 6) is 0.775. The molecule has 1 fully saturated rings. The van der Waals surface area contributed by atoms with Gasteiger partial charge in [0.15, 0.2) is 0 Å². The van der Waals surface area contributed by atoms with Gasteiger partial charge in [-0.2, -0.15) is 0 Å². The van der Waals surface area contributed by atoms with Crippen LogP contribution in [-0.4, -0.2) is 0 Å². The van der Waals surface area contributed by atoms with E-state index in [0.717, 1.165) is 5.92 Å². The maximum atomic E-state index is 2.43. The number of rotatable bonds is 2. The van der Waals surface area contributed by atoms with Crippen molar-refractivity contribution in [2.45, 2.75) is 38.5 Å². The van der Waals surface area contributed by atoms with Gasteiger partial charge < -0.3 is 0 Å². The van der Waals surface area contributed by atoms with Crippen molar-refractivity contribution in [3.8, 4) is 11.1 Å². The molecule has 0 heterocycles. The van der Waals surface area contributed by atoms with E-state index in [0.29, 0.717) is 0 Å². The van der Waals surface area contributed by atoms with Crippen LogP contribution >= 0.6 is 0 Å². The highest BCUT2D eigenvalue weighted by molar-refractivity contribution is 5.64. The van der Waals surface area contributed by atoms with Crippen molar-refractivity contribution in [2.75, 3.05) is 0 Å². The molecule has 2 aromatic rings. The Bertz CT molecular complexity index is 513. The molecule has 1 saturated carbocycles. The third-order valence-electron chi connectivity index (χ3n) is 4.21. The molecule has 2 aromatic carbocycles. The van der Waals surface area contributed by atoms with Crippen LogP contribution in [0.5, 0.6) is 0 Å². The first-order valence-corrected chi connectivity index (χ1v) is 7.31. The Kier molecular flexibility index (Phi) is 3.68. The van der Waals surface area contributed by atoms with Crippen LogP contribution in [0.3, 0.4) is 0 Å². The second-order valence-electron chi connectivity index (χ2n) is 5.63. The summed E-state index contributed by atoms with van der Waals surface area (Å²) in [5, 5.41) is 0. The SMILES string of the molecule is Cc1ccc(-c2ccc(C3CC[CH]CC3)cc2)cc1. The van der Waals surface area contributed by atoms with Gasteiger partial charge in [-0.25, -0.2) is 0 Å². The molecular formula is C19H21. The summed E-state index contributed by atoms with van der Waals surface area (Å²) in [7, 11) is 0. The van der Waals surface area contributed by atoms with Gasteiger partial charge in [-0.1, -0.05) is 54.1 Å². The summed E-state index contributed by atoms with van der Waals surface area (Å²) in [6, 6.07) is 18.0. The van der Waals surface area contributed by atoms with Crippen molar-refractivity contribution in [1.82, 2.24) is 0 Å². The molecule has 1 aliphatic carbocycles. The molecule has 0 amide bonds. The van der Waals surface area contributed by atoms with E-state index in [1.54, 1.807) is 0 Å². The predicted octanol–water partition coefficient (Wildman–Crippen LogP) is 5.52. The first kappa shape index (κ1) is 12.5. The lowest BCUT2D eigenvalue weighted by Crippen LogP contribution is -2.04. The minimum atomic E-state index is 0.775. The van der Waals surface area contributed by atoms with Crippen LogP contribution in [0.2, 0.25) is 0 Å². The molecule has 1 radical (unpaired) electrons. The van der Waals surface area contributed by atoms with E-state index in [-0.39, 0.29) is 0 Å². The van der Waals surface area contributed by atoms with Crippen molar-refractivity contribution in [3.05, 3.63) is 66.1 Å². The average Bonchev–Trinajstić information content (AvgIpc) is 2.49. The fraction of sp³-hybridized carbons (Fsp3) is 0.316. The van der Waals surface area contributed by atoms with Gasteiger partial charge in [-0.3, -0.25) is 0 Å². The van der Waals surface area contributed by atoms with Crippen molar-refractivity contribution in [1.29, 1.82) is 0 Å². The van der Waals surface area contributed by atoms with Crippen LogP contribution in [0.1, 0.15) is 42.7 Å². The highest BCUT2D eigenvalue weighted by Crippen LogP contribution is 2.33. The van der Waals surface area contributed by atoms with Gasteiger partial charge in [0, 0.05) is 0 Å². The normalized spacial score (nSPS) is 16.5. The molecule has 97 valence electrons. The van der Waals surface area contributed by atoms with E-state index in [4.69, 9.17) is 0 Å². The molecule has 0 spiro atoms. The molecule has 0 N–H and O–H groups in total. The zero-order chi connectivity index (χ0) is 13.1. The van der Waals surface area contributed by atoms with Gasteiger partial charge in [0.25, 0.3) is 0 Å². The molecule has 1 aliphatic rings. The molecule has 0 aromatic heterocycles. The smallest absolute Gasteiger partial charge is 0.0162 e. The number of hydrogen-bond acceptors (Lipinski definition) is 0. The maximum Gasteiger partial charge on any atom is -0.0162 e. The third kappa shape index (κ3) is 2.89. The zero-order valence-corrected chi connectivity index (χ0v) is 11.6. The van der Waals surface area contributed by atoms with Crippen molar-refractivity contribution < 1.29 is 0 Å². The minimum absolute atomic E-state index is 0.775. The summed E-state index contributed by atoms with van der Waals surface area (Å²) in [6.07, 6.45) is 7.64. The summed E-state index contributed by atoms with van der Waals surface area (Å²) in [5.41, 5.74) is 5.48. The maximum absolute atomic E-state index is 2.43. The van der Waals surface area contributed by atoms with Gasteiger partial charge in [-0.05, 0) is 61.6 Å². The molecule has 0 bridgehead atoms. The van der Waals surface area contributed by atoms with Crippen molar-refractivity contribution in [2.24, 2.45) is 0 Å². The lowest BCUT2D eigenvalue weighted by atomic mass is 9.84. The topological polar surface area (TPSA) is 0 Å². The van der Waals surface area contributed by atoms with Crippen LogP contribution in [-0.2, 0) is 0 Å². The number of benzene rings is 2. The summed E-state index contributed by atoms with van der Waals surface area (Å²) >= 11 is 0. The lowest BCUT2D eigenvalue weighted by Gasteiger charge is -2.21. The highest BCUT2D eigenvalue weighted by atomic mass is 14.2. The number of hydrogen-bond donors (Lipinski definition) is 0. The Balaban J connectivity index is 1.80. The van der Waals surface area contributed by atoms with Gasteiger partial charge in [0.05, 0.1) is 0 Å². The molecular weight excluding hydrogens is 228 g/mol. The summed E-state index contributed by atoms with van der Waals surface area (Å²) in [4.78, 5) is 0. The first-order chi connectivity index (χ1) is 9.33. The van der Waals surface area contributed by atoms with E-state index >= 15 is 0 Å². The highest BCUT2D eigenvalue weighted by Gasteiger charge is 2.15. The van der Waals surface area contributed by atoms with E-state index in [9.17, 15) is 0 Å². The van der Waals surface area contributed by atoms with Crippen LogP contribution in [0, 0.1) is 13.3 Å². The molecule has 0 aliphatic heterocycles. The van der Waals surface area contributed by atoms with E-state index in [1.807, 2.05) is 0 Å². The largest absolute Gasteiger partial charge is 0.0587 e. The van der Waals surface area contributed by atoms with E-state index < -0.39 is 0 Å². The fourth-order valence-electron chi connectivity index (χ4n) is 2.95. The Morgan fingerprint density at radius 2 is 1.26 bits per heavy atom. The second-order valence-corrected chi connectivity index (χ2v) is 5.63. The van der Waals surface area contributed by atoms with Gasteiger partial charge in [0.1, 0.15) is 0 Å². The lowest BCUT2D eigenvalue weighted by molar-refractivity contribution is 0.512. The molecule has 19 heavy (non-hydrogen) atoms. The van der Waals surface area contributed by atoms with Crippen LogP contribution in [0.25, 0.3) is 11.1 Å². The van der Waals surface area contributed by atoms with E-state index in [1.165, 1.54) is 47.9 Å². The summed E-state index contributed by atoms with van der Waals surface area (Å²) in [6.45, 7) is 2.13. The van der Waals surface area contributed by atoms with E-state index in [2.05, 4.69) is 61.9 Å². The zero-order valence-electron chi connectivity index (χ0n) is 11.6. The van der Waals surface area contributed by atoms with Crippen LogP contribution in [0.15, 0.2) is 48.5 Å². The first-order valence-electron chi connectivity index (χ1n) is 7.31. The summed E-state index contributed by atoms with van der Waals surface area (Å²) < 4.78 is 0. The average molecular weight is 249 g/mol. The molecule has 0 unspecified atom stereocenters. The number of aryl methyl sites for hydroxylation is 1. The standard InChI is InChI=1S/C19H21/c1-15-7-9-17(10-8-15)19-13-11-18(12-14-19)16-5-3-2-4-6-16/h2,7-14,16H,3-6H2,1H3. The van der Waals surface area contributed by atoms with Gasteiger partial charge in [-0.15, -0.1) is 0 Å². The minimum Gasteiger partial charge on any atom is -0.0587 e. The second kappa shape index (κ2) is 5.61. The predicted molar refractivity (Wildman–Crippen MR) is 82.1 cm³/mol. The Morgan fingerprint density at radius 3 is 1.84 bits per heavy atom. The molecule has 3 rings (SSSR count). The quantitative estimate of drug-likeness (QED) is 0.657. The van der Waals surface area contributed by atoms with Gasteiger partial charge in [0.2, 0.25) is 0 Å². The third-order valence-corrected chi connectivity index (χ3v) is 4.21. The molecule has 0 nitrogen and oxygen atoms in total.